The van der Waals surface area contributed by atoms with E-state index in [0.717, 1.165) is 25.0 Å². The molecule has 82 valence electrons. The van der Waals surface area contributed by atoms with Gasteiger partial charge in [-0.05, 0) is 25.3 Å². The van der Waals surface area contributed by atoms with Crippen molar-refractivity contribution in [2.45, 2.75) is 25.8 Å². The molecule has 1 heterocycles. The molecule has 0 spiro atoms. The molecule has 1 N–H and O–H groups in total. The van der Waals surface area contributed by atoms with Crippen LogP contribution in [0.1, 0.15) is 19.8 Å². The summed E-state index contributed by atoms with van der Waals surface area (Å²) in [4.78, 5) is 0. The number of nitrogens with one attached hydrogen (secondary N) is 1. The minimum atomic E-state index is -2.74. The van der Waals surface area contributed by atoms with Crippen molar-refractivity contribution in [2.75, 3.05) is 18.1 Å². The highest BCUT2D eigenvalue weighted by Crippen LogP contribution is 2.12. The Kier molecular flexibility index (Phi) is 4.41. The molecule has 1 rings (SSSR count). The summed E-state index contributed by atoms with van der Waals surface area (Å²) in [5, 5.41) is 3.29. The van der Waals surface area contributed by atoms with Crippen LogP contribution in [0.4, 0.5) is 0 Å². The van der Waals surface area contributed by atoms with Gasteiger partial charge in [-0.2, -0.15) is 0 Å². The maximum absolute atomic E-state index is 11.1. The summed E-state index contributed by atoms with van der Waals surface area (Å²) in [6.07, 6.45) is 1.44. The molecule has 1 fully saturated rings. The normalized spacial score (nSPS) is 23.7. The molecule has 0 aromatic heterocycles. The van der Waals surface area contributed by atoms with Gasteiger partial charge in [0.05, 0.1) is 11.5 Å². The molecule has 0 amide bonds. The number of halogens is 1. The quantitative estimate of drug-likeness (QED) is 0.805. The third-order valence-corrected chi connectivity index (χ3v) is 4.50. The van der Waals surface area contributed by atoms with Crippen LogP contribution in [0.3, 0.4) is 0 Å². The third-order valence-electron chi connectivity index (χ3n) is 2.41. The molecule has 0 saturated carbocycles. The van der Waals surface area contributed by atoms with E-state index >= 15 is 0 Å². The molecule has 0 unspecified atom stereocenters. The molecule has 0 atom stereocenters. The van der Waals surface area contributed by atoms with E-state index in [1.165, 1.54) is 0 Å². The standard InChI is InChI=1S/C9H16ClNO2S/c1-8(6-10)7-11-9-2-4-14(12,13)5-3-9/h6,9,11H,2-5,7H2,1H3/b8-6+. The molecule has 1 saturated heterocycles. The Morgan fingerprint density at radius 2 is 2.07 bits per heavy atom. The fourth-order valence-corrected chi connectivity index (χ4v) is 3.01. The molecule has 14 heavy (non-hydrogen) atoms. The maximum atomic E-state index is 11.1. The second kappa shape index (κ2) is 5.14. The van der Waals surface area contributed by atoms with Crippen LogP contribution in [-0.4, -0.2) is 32.5 Å². The highest BCUT2D eigenvalue weighted by Gasteiger charge is 2.22. The van der Waals surface area contributed by atoms with E-state index in [4.69, 9.17) is 11.6 Å². The van der Waals surface area contributed by atoms with Gasteiger partial charge in [-0.1, -0.05) is 11.6 Å². The fourth-order valence-electron chi connectivity index (χ4n) is 1.44. The molecule has 3 nitrogen and oxygen atoms in total. The van der Waals surface area contributed by atoms with Crippen LogP contribution in [0.2, 0.25) is 0 Å². The largest absolute Gasteiger partial charge is 0.310 e. The topological polar surface area (TPSA) is 46.2 Å². The van der Waals surface area contributed by atoms with Crippen molar-refractivity contribution in [3.05, 3.63) is 11.1 Å². The van der Waals surface area contributed by atoms with Gasteiger partial charge in [-0.25, -0.2) is 8.42 Å². The number of hydrogen-bond donors (Lipinski definition) is 1. The van der Waals surface area contributed by atoms with Gasteiger partial charge in [0.15, 0.2) is 0 Å². The SMILES string of the molecule is C/C(=C\Cl)CNC1CCS(=O)(=O)CC1. The van der Waals surface area contributed by atoms with Crippen LogP contribution in [0.15, 0.2) is 11.1 Å². The highest BCUT2D eigenvalue weighted by molar-refractivity contribution is 7.91. The zero-order valence-electron chi connectivity index (χ0n) is 8.29. The predicted molar refractivity (Wildman–Crippen MR) is 59.3 cm³/mol. The van der Waals surface area contributed by atoms with Gasteiger partial charge in [0.25, 0.3) is 0 Å². The van der Waals surface area contributed by atoms with E-state index < -0.39 is 9.84 Å². The second-order valence-electron chi connectivity index (χ2n) is 3.76. The summed E-state index contributed by atoms with van der Waals surface area (Å²) < 4.78 is 22.3. The van der Waals surface area contributed by atoms with Gasteiger partial charge in [0, 0.05) is 18.1 Å². The molecule has 5 heteroatoms. The Morgan fingerprint density at radius 1 is 1.50 bits per heavy atom. The van der Waals surface area contributed by atoms with E-state index in [9.17, 15) is 8.42 Å². The van der Waals surface area contributed by atoms with Crippen molar-refractivity contribution in [1.29, 1.82) is 0 Å². The van der Waals surface area contributed by atoms with Crippen molar-refractivity contribution in [1.82, 2.24) is 5.32 Å². The Bertz CT molecular complexity index is 297. The predicted octanol–water partition coefficient (Wildman–Crippen LogP) is 1.30. The Balaban J connectivity index is 2.30. The first-order chi connectivity index (χ1) is 6.53. The van der Waals surface area contributed by atoms with Crippen molar-refractivity contribution in [3.8, 4) is 0 Å². The number of rotatable bonds is 3. The number of sulfone groups is 1. The first-order valence-electron chi connectivity index (χ1n) is 4.73. The zero-order valence-corrected chi connectivity index (χ0v) is 9.87. The molecular formula is C9H16ClNO2S. The van der Waals surface area contributed by atoms with Gasteiger partial charge in [-0.3, -0.25) is 0 Å². The van der Waals surface area contributed by atoms with Gasteiger partial charge in [-0.15, -0.1) is 0 Å². The highest BCUT2D eigenvalue weighted by atomic mass is 35.5. The van der Waals surface area contributed by atoms with Crippen LogP contribution in [0.5, 0.6) is 0 Å². The Hall–Kier alpha value is -0.0600. The molecule has 0 aromatic rings. The molecule has 1 aliphatic heterocycles. The fraction of sp³-hybridized carbons (Fsp3) is 0.778. The van der Waals surface area contributed by atoms with Crippen LogP contribution in [0.25, 0.3) is 0 Å². The van der Waals surface area contributed by atoms with Crippen LogP contribution < -0.4 is 5.32 Å². The van der Waals surface area contributed by atoms with Gasteiger partial charge < -0.3 is 5.32 Å². The first-order valence-corrected chi connectivity index (χ1v) is 6.99. The lowest BCUT2D eigenvalue weighted by Crippen LogP contribution is -2.38. The van der Waals surface area contributed by atoms with E-state index in [1.54, 1.807) is 5.54 Å². The molecule has 1 aliphatic rings. The number of hydrogen-bond acceptors (Lipinski definition) is 3. The summed E-state index contributed by atoms with van der Waals surface area (Å²) in [5.41, 5.74) is 2.62. The summed E-state index contributed by atoms with van der Waals surface area (Å²) in [6.45, 7) is 2.69. The molecule has 0 aliphatic carbocycles. The lowest BCUT2D eigenvalue weighted by atomic mass is 10.1. The van der Waals surface area contributed by atoms with E-state index in [0.29, 0.717) is 17.5 Å². The Labute approximate surface area is 90.4 Å². The minimum absolute atomic E-state index is 0.314. The van der Waals surface area contributed by atoms with Gasteiger partial charge >= 0.3 is 0 Å². The van der Waals surface area contributed by atoms with E-state index in [2.05, 4.69) is 5.32 Å². The maximum Gasteiger partial charge on any atom is 0.150 e. The first kappa shape index (κ1) is 12.0. The average molecular weight is 238 g/mol. The minimum Gasteiger partial charge on any atom is -0.310 e. The van der Waals surface area contributed by atoms with E-state index in [1.807, 2.05) is 6.92 Å². The summed E-state index contributed by atoms with van der Waals surface area (Å²) in [6, 6.07) is 0.324. The van der Waals surface area contributed by atoms with E-state index in [-0.39, 0.29) is 0 Å². The third kappa shape index (κ3) is 3.98. The summed E-state index contributed by atoms with van der Waals surface area (Å²) in [7, 11) is -2.74. The summed E-state index contributed by atoms with van der Waals surface area (Å²) >= 11 is 5.52. The van der Waals surface area contributed by atoms with Crippen molar-refractivity contribution >= 4 is 21.4 Å². The van der Waals surface area contributed by atoms with Crippen LogP contribution in [-0.2, 0) is 9.84 Å². The average Bonchev–Trinajstić information content (AvgIpc) is 2.16. The van der Waals surface area contributed by atoms with Crippen LogP contribution in [0, 0.1) is 0 Å². The van der Waals surface area contributed by atoms with Gasteiger partial charge in [0.1, 0.15) is 9.84 Å². The lowest BCUT2D eigenvalue weighted by Gasteiger charge is -2.23. The lowest BCUT2D eigenvalue weighted by molar-refractivity contribution is 0.479. The Morgan fingerprint density at radius 3 is 2.57 bits per heavy atom. The summed E-state index contributed by atoms with van der Waals surface area (Å²) in [5.74, 6) is 0.628. The van der Waals surface area contributed by atoms with Crippen LogP contribution >= 0.6 is 11.6 Å². The zero-order chi connectivity index (χ0) is 10.6. The van der Waals surface area contributed by atoms with Crippen molar-refractivity contribution in [3.63, 3.8) is 0 Å². The van der Waals surface area contributed by atoms with Crippen molar-refractivity contribution in [2.24, 2.45) is 0 Å². The smallest absolute Gasteiger partial charge is 0.150 e. The molecular weight excluding hydrogens is 222 g/mol. The molecule has 0 bridgehead atoms. The van der Waals surface area contributed by atoms with Gasteiger partial charge in [0.2, 0.25) is 0 Å². The second-order valence-corrected chi connectivity index (χ2v) is 6.28. The van der Waals surface area contributed by atoms with Crippen molar-refractivity contribution < 1.29 is 8.42 Å². The monoisotopic (exact) mass is 237 g/mol. The molecule has 0 aromatic carbocycles. The molecule has 0 radical (unpaired) electrons.